The molecule has 0 aliphatic heterocycles. The maximum atomic E-state index is 13.3. The number of nitrogens with zero attached hydrogens (tertiary/aromatic N) is 2. The van der Waals surface area contributed by atoms with Crippen LogP contribution in [0.1, 0.15) is 11.8 Å². The number of rotatable bonds is 3. The van der Waals surface area contributed by atoms with Crippen molar-refractivity contribution in [1.29, 1.82) is 0 Å². The van der Waals surface area contributed by atoms with Gasteiger partial charge in [-0.2, -0.15) is 4.39 Å². The summed E-state index contributed by atoms with van der Waals surface area (Å²) in [5.74, 6) is -1.68. The maximum Gasteiger partial charge on any atom is 0.253 e. The topological polar surface area (TPSA) is 48.2 Å². The summed E-state index contributed by atoms with van der Waals surface area (Å²) in [4.78, 5) is 0. The highest BCUT2D eigenvalue weighted by atomic mass is 79.9. The first kappa shape index (κ1) is 12.0. The van der Waals surface area contributed by atoms with Gasteiger partial charge in [0.15, 0.2) is 18.2 Å². The zero-order valence-electron chi connectivity index (χ0n) is 8.71. The Kier molecular flexibility index (Phi) is 3.37. The quantitative estimate of drug-likeness (QED) is 0.818. The zero-order valence-corrected chi connectivity index (χ0v) is 10.3. The van der Waals surface area contributed by atoms with Crippen LogP contribution in [-0.4, -0.2) is 10.2 Å². The molecule has 90 valence electrons. The van der Waals surface area contributed by atoms with Crippen molar-refractivity contribution < 1.29 is 17.9 Å². The van der Waals surface area contributed by atoms with Crippen molar-refractivity contribution in [1.82, 2.24) is 10.2 Å². The molecule has 0 amide bonds. The van der Waals surface area contributed by atoms with Gasteiger partial charge >= 0.3 is 0 Å². The molecular weight excluding hydrogens is 298 g/mol. The molecule has 1 heterocycles. The van der Waals surface area contributed by atoms with E-state index in [-0.39, 0.29) is 18.2 Å². The van der Waals surface area contributed by atoms with Crippen LogP contribution in [0, 0.1) is 18.6 Å². The average molecular weight is 305 g/mol. The van der Waals surface area contributed by atoms with E-state index in [4.69, 9.17) is 9.15 Å². The molecule has 0 unspecified atom stereocenters. The Balaban J connectivity index is 2.14. The lowest BCUT2D eigenvalue weighted by Gasteiger charge is -2.05. The second-order valence-electron chi connectivity index (χ2n) is 3.20. The number of ether oxygens (including phenoxy) is 1. The highest BCUT2D eigenvalue weighted by Gasteiger charge is 2.12. The molecule has 0 saturated heterocycles. The molecule has 0 N–H and O–H groups in total. The molecule has 0 spiro atoms. The van der Waals surface area contributed by atoms with Crippen LogP contribution in [0.5, 0.6) is 5.75 Å². The Morgan fingerprint density at radius 2 is 2.12 bits per heavy atom. The van der Waals surface area contributed by atoms with E-state index in [0.29, 0.717) is 10.4 Å². The van der Waals surface area contributed by atoms with Crippen molar-refractivity contribution in [2.75, 3.05) is 0 Å². The summed E-state index contributed by atoms with van der Waals surface area (Å²) in [5, 5.41) is 7.25. The third kappa shape index (κ3) is 2.79. The summed E-state index contributed by atoms with van der Waals surface area (Å²) in [6, 6.07) is 2.33. The lowest BCUT2D eigenvalue weighted by Crippen LogP contribution is -1.99. The Hall–Kier alpha value is -1.50. The van der Waals surface area contributed by atoms with Crippen molar-refractivity contribution in [2.24, 2.45) is 0 Å². The molecule has 0 radical (unpaired) electrons. The Morgan fingerprint density at radius 3 is 2.76 bits per heavy atom. The number of halogens is 3. The van der Waals surface area contributed by atoms with E-state index in [0.717, 1.165) is 6.07 Å². The minimum atomic E-state index is -1.05. The van der Waals surface area contributed by atoms with Gasteiger partial charge in [0.1, 0.15) is 0 Å². The van der Waals surface area contributed by atoms with Gasteiger partial charge in [0.05, 0.1) is 0 Å². The lowest BCUT2D eigenvalue weighted by molar-refractivity contribution is 0.246. The summed E-state index contributed by atoms with van der Waals surface area (Å²) in [6.45, 7) is 1.50. The summed E-state index contributed by atoms with van der Waals surface area (Å²) in [6.07, 6.45) is 0. The van der Waals surface area contributed by atoms with Gasteiger partial charge in [0.25, 0.3) is 5.89 Å². The fraction of sp³-hybridized carbons (Fsp3) is 0.200. The predicted molar refractivity (Wildman–Crippen MR) is 57.4 cm³/mol. The molecule has 0 atom stereocenters. The molecule has 0 fully saturated rings. The summed E-state index contributed by atoms with van der Waals surface area (Å²) in [5.41, 5.74) is 0. The number of benzene rings is 1. The molecule has 1 aromatic carbocycles. The molecular formula is C10H7BrF2N2O2. The fourth-order valence-corrected chi connectivity index (χ4v) is 1.58. The van der Waals surface area contributed by atoms with Gasteiger partial charge in [0, 0.05) is 11.4 Å². The van der Waals surface area contributed by atoms with Gasteiger partial charge in [-0.05, 0) is 12.1 Å². The fourth-order valence-electron chi connectivity index (χ4n) is 1.17. The monoisotopic (exact) mass is 304 g/mol. The molecule has 7 heteroatoms. The van der Waals surface area contributed by atoms with Gasteiger partial charge in [-0.1, -0.05) is 15.9 Å². The second kappa shape index (κ2) is 4.79. The van der Waals surface area contributed by atoms with Crippen LogP contribution in [0.4, 0.5) is 8.78 Å². The third-order valence-electron chi connectivity index (χ3n) is 1.88. The van der Waals surface area contributed by atoms with Crippen molar-refractivity contribution in [3.05, 3.63) is 40.0 Å². The van der Waals surface area contributed by atoms with Gasteiger partial charge in [-0.15, -0.1) is 10.2 Å². The Labute approximate surface area is 104 Å². The van der Waals surface area contributed by atoms with E-state index in [1.165, 1.54) is 6.07 Å². The van der Waals surface area contributed by atoms with Crippen LogP contribution in [0.15, 0.2) is 21.0 Å². The Morgan fingerprint density at radius 1 is 1.35 bits per heavy atom. The smallest absolute Gasteiger partial charge is 0.253 e. The van der Waals surface area contributed by atoms with Gasteiger partial charge < -0.3 is 9.15 Å². The van der Waals surface area contributed by atoms with E-state index < -0.39 is 11.6 Å². The van der Waals surface area contributed by atoms with E-state index in [9.17, 15) is 8.78 Å². The number of hydrogen-bond acceptors (Lipinski definition) is 4. The first-order valence-electron chi connectivity index (χ1n) is 4.62. The van der Waals surface area contributed by atoms with Crippen molar-refractivity contribution in [3.8, 4) is 5.75 Å². The first-order valence-corrected chi connectivity index (χ1v) is 5.42. The van der Waals surface area contributed by atoms with E-state index in [1.807, 2.05) is 0 Å². The van der Waals surface area contributed by atoms with Crippen LogP contribution in [-0.2, 0) is 6.61 Å². The number of aromatic nitrogens is 2. The van der Waals surface area contributed by atoms with Gasteiger partial charge in [-0.25, -0.2) is 4.39 Å². The van der Waals surface area contributed by atoms with Gasteiger partial charge in [-0.3, -0.25) is 0 Å². The highest BCUT2D eigenvalue weighted by molar-refractivity contribution is 9.10. The van der Waals surface area contributed by atoms with Crippen LogP contribution in [0.2, 0.25) is 0 Å². The zero-order chi connectivity index (χ0) is 12.4. The number of aryl methyl sites for hydroxylation is 1. The number of hydrogen-bond donors (Lipinski definition) is 0. The van der Waals surface area contributed by atoms with E-state index >= 15 is 0 Å². The van der Waals surface area contributed by atoms with Crippen molar-refractivity contribution in [3.63, 3.8) is 0 Å². The van der Waals surface area contributed by atoms with Crippen LogP contribution >= 0.6 is 15.9 Å². The van der Waals surface area contributed by atoms with Crippen LogP contribution in [0.3, 0.4) is 0 Å². The molecule has 4 nitrogen and oxygen atoms in total. The predicted octanol–water partition coefficient (Wildman–Crippen LogP) is 3.00. The molecule has 0 aliphatic rings. The third-order valence-corrected chi connectivity index (χ3v) is 2.34. The maximum absolute atomic E-state index is 13.3. The molecule has 0 aliphatic carbocycles. The second-order valence-corrected chi connectivity index (χ2v) is 4.12. The molecule has 2 rings (SSSR count). The van der Waals surface area contributed by atoms with Crippen molar-refractivity contribution in [2.45, 2.75) is 13.5 Å². The lowest BCUT2D eigenvalue weighted by atomic mass is 10.3. The SMILES string of the molecule is Cc1nnc(COc2cc(Br)cc(F)c2F)o1. The minimum absolute atomic E-state index is 0.117. The first-order chi connectivity index (χ1) is 8.06. The molecule has 2 aromatic rings. The Bertz CT molecular complexity index is 545. The molecule has 1 aromatic heterocycles. The average Bonchev–Trinajstić information content (AvgIpc) is 2.67. The standard InChI is InChI=1S/C10H7BrF2N2O2/c1-5-14-15-9(17-5)4-16-8-3-6(11)2-7(12)10(8)13/h2-3H,4H2,1H3. The van der Waals surface area contributed by atoms with E-state index in [1.54, 1.807) is 6.92 Å². The largest absolute Gasteiger partial charge is 0.481 e. The normalized spacial score (nSPS) is 10.6. The van der Waals surface area contributed by atoms with Crippen LogP contribution in [0.25, 0.3) is 0 Å². The summed E-state index contributed by atoms with van der Waals surface area (Å²) in [7, 11) is 0. The summed E-state index contributed by atoms with van der Waals surface area (Å²) >= 11 is 3.04. The van der Waals surface area contributed by atoms with E-state index in [2.05, 4.69) is 26.1 Å². The highest BCUT2D eigenvalue weighted by Crippen LogP contribution is 2.25. The minimum Gasteiger partial charge on any atom is -0.481 e. The summed E-state index contributed by atoms with van der Waals surface area (Å²) < 4.78 is 36.8. The van der Waals surface area contributed by atoms with Crippen LogP contribution < -0.4 is 4.74 Å². The molecule has 0 saturated carbocycles. The molecule has 0 bridgehead atoms. The molecule has 17 heavy (non-hydrogen) atoms. The van der Waals surface area contributed by atoms with Gasteiger partial charge in [0.2, 0.25) is 11.7 Å². The van der Waals surface area contributed by atoms with Crippen molar-refractivity contribution >= 4 is 15.9 Å².